The Balaban J connectivity index is 1.58. The average Bonchev–Trinajstić information content (AvgIpc) is 2.78. The van der Waals surface area contributed by atoms with E-state index in [-0.39, 0.29) is 23.6 Å². The van der Waals surface area contributed by atoms with Crippen molar-refractivity contribution in [3.8, 4) is 0 Å². The van der Waals surface area contributed by atoms with Gasteiger partial charge in [0.05, 0.1) is 0 Å². The second-order valence-corrected chi connectivity index (χ2v) is 8.11. The second-order valence-electron chi connectivity index (χ2n) is 8.11. The van der Waals surface area contributed by atoms with E-state index >= 15 is 0 Å². The lowest BCUT2D eigenvalue weighted by atomic mass is 10.0. The molecule has 3 amide bonds. The highest BCUT2D eigenvalue weighted by Gasteiger charge is 2.28. The number of piperazine rings is 1. The van der Waals surface area contributed by atoms with Gasteiger partial charge in [-0.05, 0) is 37.1 Å². The van der Waals surface area contributed by atoms with E-state index in [2.05, 4.69) is 27.7 Å². The number of Topliss-reactive ketones (excluding diaryl/α,β-unsaturated/α-hetero) is 1. The molecule has 1 atom stereocenters. The van der Waals surface area contributed by atoms with Crippen LogP contribution in [0.3, 0.4) is 0 Å². The quantitative estimate of drug-likeness (QED) is 0.700. The summed E-state index contributed by atoms with van der Waals surface area (Å²) < 4.78 is 0. The van der Waals surface area contributed by atoms with Gasteiger partial charge in [-0.2, -0.15) is 0 Å². The van der Waals surface area contributed by atoms with Gasteiger partial charge in [0, 0.05) is 43.1 Å². The Morgan fingerprint density at radius 3 is 2.19 bits per heavy atom. The highest BCUT2D eigenvalue weighted by molar-refractivity contribution is 5.99. The van der Waals surface area contributed by atoms with Crippen molar-refractivity contribution in [2.75, 3.05) is 36.4 Å². The zero-order chi connectivity index (χ0) is 22.4. The highest BCUT2D eigenvalue weighted by Crippen LogP contribution is 2.16. The van der Waals surface area contributed by atoms with Crippen LogP contribution in [0.4, 0.5) is 16.2 Å². The van der Waals surface area contributed by atoms with Crippen LogP contribution in [0, 0.1) is 5.92 Å². The van der Waals surface area contributed by atoms with Gasteiger partial charge in [-0.15, -0.1) is 0 Å². The van der Waals surface area contributed by atoms with Crippen molar-refractivity contribution in [1.82, 2.24) is 10.2 Å². The Morgan fingerprint density at radius 1 is 0.903 bits per heavy atom. The van der Waals surface area contributed by atoms with E-state index in [1.165, 1.54) is 6.92 Å². The van der Waals surface area contributed by atoms with Gasteiger partial charge in [0.1, 0.15) is 6.04 Å². The molecule has 2 N–H and O–H groups in total. The smallest absolute Gasteiger partial charge is 0.318 e. The molecule has 0 radical (unpaired) electrons. The molecule has 2 aromatic rings. The van der Waals surface area contributed by atoms with Gasteiger partial charge in [0.15, 0.2) is 5.78 Å². The molecule has 1 fully saturated rings. The fourth-order valence-electron chi connectivity index (χ4n) is 3.60. The van der Waals surface area contributed by atoms with Crippen LogP contribution in [0.1, 0.15) is 31.1 Å². The number of para-hydroxylation sites is 1. The largest absolute Gasteiger partial charge is 0.368 e. The number of rotatable bonds is 6. The summed E-state index contributed by atoms with van der Waals surface area (Å²) in [5.41, 5.74) is 2.21. The van der Waals surface area contributed by atoms with Crippen molar-refractivity contribution in [3.05, 3.63) is 60.2 Å². The lowest BCUT2D eigenvalue weighted by Gasteiger charge is -2.37. The molecule has 1 aliphatic rings. The van der Waals surface area contributed by atoms with Gasteiger partial charge in [-0.1, -0.05) is 44.2 Å². The van der Waals surface area contributed by atoms with Crippen LogP contribution in [0.2, 0.25) is 0 Å². The fraction of sp³-hybridized carbons (Fsp3) is 0.375. The maximum absolute atomic E-state index is 12.9. The van der Waals surface area contributed by atoms with Gasteiger partial charge >= 0.3 is 6.03 Å². The molecule has 2 aromatic carbocycles. The number of anilines is 2. The molecule has 31 heavy (non-hydrogen) atoms. The molecule has 0 unspecified atom stereocenters. The summed E-state index contributed by atoms with van der Waals surface area (Å²) in [6, 6.07) is 16.0. The normalized spacial score (nSPS) is 14.8. The standard InChI is InChI=1S/C24H30N4O3/c1-17(2)22(23(30)25-20-9-7-8-19(16-20)18(3)29)26-24(31)28-14-12-27(13-15-28)21-10-5-4-6-11-21/h4-11,16-17,22H,12-15H2,1-3H3,(H,25,30)(H,26,31)/t22-/m0/s1. The van der Waals surface area contributed by atoms with Crippen LogP contribution in [0.5, 0.6) is 0 Å². The zero-order valence-corrected chi connectivity index (χ0v) is 18.3. The molecular weight excluding hydrogens is 392 g/mol. The Kier molecular flexibility index (Phi) is 7.28. The van der Waals surface area contributed by atoms with E-state index in [1.807, 2.05) is 32.0 Å². The molecule has 1 saturated heterocycles. The summed E-state index contributed by atoms with van der Waals surface area (Å²) in [7, 11) is 0. The minimum Gasteiger partial charge on any atom is -0.368 e. The van der Waals surface area contributed by atoms with Crippen molar-refractivity contribution in [2.24, 2.45) is 5.92 Å². The van der Waals surface area contributed by atoms with E-state index in [1.54, 1.807) is 29.2 Å². The summed E-state index contributed by atoms with van der Waals surface area (Å²) >= 11 is 0. The molecule has 0 saturated carbocycles. The third-order valence-corrected chi connectivity index (χ3v) is 5.45. The van der Waals surface area contributed by atoms with Crippen molar-refractivity contribution >= 4 is 29.1 Å². The minimum atomic E-state index is -0.680. The van der Waals surface area contributed by atoms with Crippen LogP contribution in [0.25, 0.3) is 0 Å². The van der Waals surface area contributed by atoms with Crippen LogP contribution in [-0.2, 0) is 4.79 Å². The number of hydrogen-bond donors (Lipinski definition) is 2. The van der Waals surface area contributed by atoms with E-state index in [0.717, 1.165) is 18.8 Å². The number of nitrogens with one attached hydrogen (secondary N) is 2. The summed E-state index contributed by atoms with van der Waals surface area (Å²) in [5, 5.41) is 5.71. The average molecular weight is 423 g/mol. The highest BCUT2D eigenvalue weighted by atomic mass is 16.2. The number of ketones is 1. The molecule has 1 aliphatic heterocycles. The molecule has 3 rings (SSSR count). The first kappa shape index (κ1) is 22.3. The fourth-order valence-corrected chi connectivity index (χ4v) is 3.60. The second kappa shape index (κ2) is 10.1. The molecule has 1 heterocycles. The molecule has 164 valence electrons. The van der Waals surface area contributed by atoms with Gasteiger partial charge in [-0.25, -0.2) is 4.79 Å². The van der Waals surface area contributed by atoms with Gasteiger partial charge in [-0.3, -0.25) is 9.59 Å². The third-order valence-electron chi connectivity index (χ3n) is 5.45. The Labute approximate surface area is 183 Å². The summed E-state index contributed by atoms with van der Waals surface area (Å²) in [4.78, 5) is 41.3. The predicted molar refractivity (Wildman–Crippen MR) is 122 cm³/mol. The number of carbonyl (C=O) groups excluding carboxylic acids is 3. The molecule has 7 heteroatoms. The lowest BCUT2D eigenvalue weighted by molar-refractivity contribution is -0.118. The number of nitrogens with zero attached hydrogens (tertiary/aromatic N) is 2. The van der Waals surface area contributed by atoms with Gasteiger partial charge in [0.2, 0.25) is 5.91 Å². The molecule has 0 spiro atoms. The number of hydrogen-bond acceptors (Lipinski definition) is 4. The molecule has 7 nitrogen and oxygen atoms in total. The monoisotopic (exact) mass is 422 g/mol. The topological polar surface area (TPSA) is 81.8 Å². The first-order valence-electron chi connectivity index (χ1n) is 10.6. The van der Waals surface area contributed by atoms with E-state index in [4.69, 9.17) is 0 Å². The van der Waals surface area contributed by atoms with E-state index in [9.17, 15) is 14.4 Å². The number of urea groups is 1. The predicted octanol–water partition coefficient (Wildman–Crippen LogP) is 3.38. The minimum absolute atomic E-state index is 0.0699. The Bertz CT molecular complexity index is 921. The Hall–Kier alpha value is -3.35. The number of carbonyl (C=O) groups is 3. The van der Waals surface area contributed by atoms with Gasteiger partial charge in [0.25, 0.3) is 0 Å². The van der Waals surface area contributed by atoms with E-state index in [0.29, 0.717) is 24.3 Å². The van der Waals surface area contributed by atoms with Crippen LogP contribution in [-0.4, -0.2) is 54.8 Å². The molecular formula is C24H30N4O3. The lowest BCUT2D eigenvalue weighted by Crippen LogP contribution is -2.56. The zero-order valence-electron chi connectivity index (χ0n) is 18.3. The van der Waals surface area contributed by atoms with Crippen LogP contribution >= 0.6 is 0 Å². The van der Waals surface area contributed by atoms with Gasteiger partial charge < -0.3 is 20.4 Å². The van der Waals surface area contributed by atoms with Crippen molar-refractivity contribution in [2.45, 2.75) is 26.8 Å². The number of amides is 3. The molecule has 0 aromatic heterocycles. The van der Waals surface area contributed by atoms with Crippen molar-refractivity contribution in [3.63, 3.8) is 0 Å². The third kappa shape index (κ3) is 5.84. The molecule has 0 aliphatic carbocycles. The first-order chi connectivity index (χ1) is 14.8. The maximum atomic E-state index is 12.9. The number of benzene rings is 2. The van der Waals surface area contributed by atoms with Crippen molar-refractivity contribution in [1.29, 1.82) is 0 Å². The SMILES string of the molecule is CC(=O)c1cccc(NC(=O)[C@@H](NC(=O)N2CCN(c3ccccc3)CC2)C(C)C)c1. The summed E-state index contributed by atoms with van der Waals surface area (Å²) in [5.74, 6) is -0.461. The van der Waals surface area contributed by atoms with E-state index < -0.39 is 6.04 Å². The van der Waals surface area contributed by atoms with Crippen molar-refractivity contribution < 1.29 is 14.4 Å². The summed E-state index contributed by atoms with van der Waals surface area (Å²) in [6.07, 6.45) is 0. The van der Waals surface area contributed by atoms with Crippen LogP contribution in [0.15, 0.2) is 54.6 Å². The summed E-state index contributed by atoms with van der Waals surface area (Å²) in [6.45, 7) is 7.94. The Morgan fingerprint density at radius 2 is 1.58 bits per heavy atom. The maximum Gasteiger partial charge on any atom is 0.318 e. The molecule has 0 bridgehead atoms. The first-order valence-corrected chi connectivity index (χ1v) is 10.6. The van der Waals surface area contributed by atoms with Crippen LogP contribution < -0.4 is 15.5 Å².